The first-order valence-corrected chi connectivity index (χ1v) is 8.27. The highest BCUT2D eigenvalue weighted by Crippen LogP contribution is 2.22. The molecular weight excluding hydrogens is 290 g/mol. The Morgan fingerprint density at radius 1 is 1.26 bits per heavy atom. The van der Waals surface area contributed by atoms with E-state index in [9.17, 15) is 9.59 Å². The van der Waals surface area contributed by atoms with Crippen LogP contribution in [0.25, 0.3) is 0 Å². The molecule has 5 heteroatoms. The Bertz CT molecular complexity index is 571. The van der Waals surface area contributed by atoms with Crippen molar-refractivity contribution < 1.29 is 9.59 Å². The zero-order valence-corrected chi connectivity index (χ0v) is 14.6. The quantitative estimate of drug-likeness (QED) is 0.833. The van der Waals surface area contributed by atoms with Crippen LogP contribution in [0.3, 0.4) is 0 Å². The number of aryl methyl sites for hydroxylation is 1. The topological polar surface area (TPSA) is 43.9 Å². The van der Waals surface area contributed by atoms with Crippen molar-refractivity contribution in [3.8, 4) is 0 Å². The second-order valence-electron chi connectivity index (χ2n) is 6.29. The molecular formula is C18H27N3O2. The predicted molar refractivity (Wildman–Crippen MR) is 92.5 cm³/mol. The van der Waals surface area contributed by atoms with Gasteiger partial charge in [0.05, 0.1) is 12.6 Å². The fraction of sp³-hybridized carbons (Fsp3) is 0.556. The van der Waals surface area contributed by atoms with Gasteiger partial charge in [-0.3, -0.25) is 14.5 Å². The van der Waals surface area contributed by atoms with Gasteiger partial charge >= 0.3 is 0 Å². The van der Waals surface area contributed by atoms with Gasteiger partial charge in [-0.25, -0.2) is 0 Å². The third-order valence-electron chi connectivity index (χ3n) is 4.45. The molecule has 1 aliphatic rings. The second kappa shape index (κ2) is 7.59. The highest BCUT2D eigenvalue weighted by molar-refractivity contribution is 5.96. The summed E-state index contributed by atoms with van der Waals surface area (Å²) in [5.41, 5.74) is 2.04. The highest BCUT2D eigenvalue weighted by Gasteiger charge is 2.33. The van der Waals surface area contributed by atoms with E-state index in [1.165, 1.54) is 0 Å². The summed E-state index contributed by atoms with van der Waals surface area (Å²) < 4.78 is 0. The Morgan fingerprint density at radius 3 is 2.57 bits per heavy atom. The van der Waals surface area contributed by atoms with Crippen LogP contribution >= 0.6 is 0 Å². The van der Waals surface area contributed by atoms with Crippen molar-refractivity contribution in [2.24, 2.45) is 0 Å². The third-order valence-corrected chi connectivity index (χ3v) is 4.45. The number of para-hydroxylation sites is 1. The zero-order valence-electron chi connectivity index (χ0n) is 14.6. The number of carbonyl (C=O) groups excluding carboxylic acids is 2. The predicted octanol–water partition coefficient (Wildman–Crippen LogP) is 1.90. The molecule has 1 aromatic carbocycles. The maximum absolute atomic E-state index is 12.8. The summed E-state index contributed by atoms with van der Waals surface area (Å²) in [6.45, 7) is 5.73. The average Bonchev–Trinajstić information content (AvgIpc) is 2.97. The Balaban J connectivity index is 2.10. The van der Waals surface area contributed by atoms with E-state index in [2.05, 4.69) is 0 Å². The number of rotatable bonds is 5. The minimum absolute atomic E-state index is 0.0558. The molecule has 23 heavy (non-hydrogen) atoms. The largest absolute Gasteiger partial charge is 0.347 e. The van der Waals surface area contributed by atoms with Crippen LogP contribution in [0.2, 0.25) is 0 Å². The van der Waals surface area contributed by atoms with Gasteiger partial charge in [-0.15, -0.1) is 0 Å². The molecule has 1 aromatic rings. The molecule has 5 nitrogen and oxygen atoms in total. The SMILES string of the molecule is CCN(C(=O)CN1CCCC1C(=O)N(C)C)c1ccccc1C. The number of hydrogen-bond acceptors (Lipinski definition) is 3. The van der Waals surface area contributed by atoms with Gasteiger partial charge in [-0.1, -0.05) is 18.2 Å². The first kappa shape index (κ1) is 17.5. The van der Waals surface area contributed by atoms with E-state index in [0.29, 0.717) is 13.1 Å². The van der Waals surface area contributed by atoms with E-state index in [-0.39, 0.29) is 17.9 Å². The molecule has 1 unspecified atom stereocenters. The first-order valence-electron chi connectivity index (χ1n) is 8.27. The molecule has 0 radical (unpaired) electrons. The Morgan fingerprint density at radius 2 is 1.96 bits per heavy atom. The molecule has 126 valence electrons. The van der Waals surface area contributed by atoms with Crippen LogP contribution in [0.1, 0.15) is 25.3 Å². The molecule has 1 aliphatic heterocycles. The van der Waals surface area contributed by atoms with Crippen LogP contribution in [0.15, 0.2) is 24.3 Å². The van der Waals surface area contributed by atoms with Crippen LogP contribution < -0.4 is 4.90 Å². The van der Waals surface area contributed by atoms with Crippen molar-refractivity contribution in [2.75, 3.05) is 38.6 Å². The van der Waals surface area contributed by atoms with Gasteiger partial charge in [0.2, 0.25) is 11.8 Å². The summed E-state index contributed by atoms with van der Waals surface area (Å²) in [7, 11) is 3.54. The number of anilines is 1. The molecule has 0 saturated carbocycles. The Labute approximate surface area is 138 Å². The molecule has 0 N–H and O–H groups in total. The third kappa shape index (κ3) is 3.91. The van der Waals surface area contributed by atoms with E-state index >= 15 is 0 Å². The summed E-state index contributed by atoms with van der Waals surface area (Å²) >= 11 is 0. The fourth-order valence-corrected chi connectivity index (χ4v) is 3.20. The van der Waals surface area contributed by atoms with Crippen LogP contribution in [0.4, 0.5) is 5.69 Å². The van der Waals surface area contributed by atoms with Crippen molar-refractivity contribution in [1.29, 1.82) is 0 Å². The molecule has 2 rings (SSSR count). The van der Waals surface area contributed by atoms with Crippen molar-refractivity contribution in [3.05, 3.63) is 29.8 Å². The van der Waals surface area contributed by atoms with Crippen LogP contribution in [0, 0.1) is 6.92 Å². The van der Waals surface area contributed by atoms with Crippen molar-refractivity contribution in [2.45, 2.75) is 32.7 Å². The number of likely N-dealkylation sites (tertiary alicyclic amines) is 1. The zero-order chi connectivity index (χ0) is 17.0. The maximum atomic E-state index is 12.8. The summed E-state index contributed by atoms with van der Waals surface area (Å²) in [5, 5.41) is 0. The van der Waals surface area contributed by atoms with E-state index in [4.69, 9.17) is 0 Å². The van der Waals surface area contributed by atoms with Gasteiger partial charge in [-0.05, 0) is 44.9 Å². The molecule has 1 saturated heterocycles. The van der Waals surface area contributed by atoms with Crippen LogP contribution in [-0.4, -0.2) is 61.4 Å². The number of benzene rings is 1. The summed E-state index contributed by atoms with van der Waals surface area (Å²) in [6, 6.07) is 7.75. The number of nitrogens with zero attached hydrogens (tertiary/aromatic N) is 3. The molecule has 0 bridgehead atoms. The lowest BCUT2D eigenvalue weighted by Gasteiger charge is -2.29. The fourth-order valence-electron chi connectivity index (χ4n) is 3.20. The standard InChI is InChI=1S/C18H27N3O2/c1-5-21(15-10-7-6-9-14(15)2)17(22)13-20-12-8-11-16(20)18(23)19(3)4/h6-7,9-10,16H,5,8,11-13H2,1-4H3. The number of amides is 2. The number of likely N-dealkylation sites (N-methyl/N-ethyl adjacent to an activating group) is 2. The summed E-state index contributed by atoms with van der Waals surface area (Å²) in [6.07, 6.45) is 1.80. The molecule has 0 spiro atoms. The summed E-state index contributed by atoms with van der Waals surface area (Å²) in [4.78, 5) is 30.5. The Kier molecular flexibility index (Phi) is 5.77. The Hall–Kier alpha value is -1.88. The minimum atomic E-state index is -0.162. The second-order valence-corrected chi connectivity index (χ2v) is 6.29. The molecule has 1 atom stereocenters. The minimum Gasteiger partial charge on any atom is -0.347 e. The smallest absolute Gasteiger partial charge is 0.241 e. The van der Waals surface area contributed by atoms with Crippen molar-refractivity contribution in [3.63, 3.8) is 0 Å². The van der Waals surface area contributed by atoms with Gasteiger partial charge < -0.3 is 9.80 Å². The van der Waals surface area contributed by atoms with Gasteiger partial charge in [0.15, 0.2) is 0 Å². The average molecular weight is 317 g/mol. The molecule has 2 amide bonds. The van der Waals surface area contributed by atoms with Gasteiger partial charge in [-0.2, -0.15) is 0 Å². The van der Waals surface area contributed by atoms with Gasteiger partial charge in [0.25, 0.3) is 0 Å². The first-order chi connectivity index (χ1) is 11.0. The molecule has 0 aliphatic carbocycles. The summed E-state index contributed by atoms with van der Waals surface area (Å²) in [5.74, 6) is 0.148. The van der Waals surface area contributed by atoms with E-state index < -0.39 is 0 Å². The van der Waals surface area contributed by atoms with Crippen LogP contribution in [-0.2, 0) is 9.59 Å². The van der Waals surface area contributed by atoms with Crippen molar-refractivity contribution >= 4 is 17.5 Å². The normalized spacial score (nSPS) is 18.0. The van der Waals surface area contributed by atoms with E-state index in [1.54, 1.807) is 19.0 Å². The maximum Gasteiger partial charge on any atom is 0.241 e. The van der Waals surface area contributed by atoms with Crippen LogP contribution in [0.5, 0.6) is 0 Å². The lowest BCUT2D eigenvalue weighted by atomic mass is 10.1. The number of hydrogen-bond donors (Lipinski definition) is 0. The molecule has 0 aromatic heterocycles. The van der Waals surface area contributed by atoms with Gasteiger partial charge in [0, 0.05) is 26.3 Å². The monoisotopic (exact) mass is 317 g/mol. The van der Waals surface area contributed by atoms with Gasteiger partial charge in [0.1, 0.15) is 0 Å². The van der Waals surface area contributed by atoms with Crippen molar-refractivity contribution in [1.82, 2.24) is 9.80 Å². The lowest BCUT2D eigenvalue weighted by molar-refractivity contribution is -0.134. The van der Waals surface area contributed by atoms with E-state index in [1.807, 2.05) is 47.9 Å². The molecule has 1 heterocycles. The molecule has 1 fully saturated rings. The van der Waals surface area contributed by atoms with E-state index in [0.717, 1.165) is 30.6 Å². The lowest BCUT2D eigenvalue weighted by Crippen LogP contribution is -2.47. The highest BCUT2D eigenvalue weighted by atomic mass is 16.2. The number of carbonyl (C=O) groups is 2.